The van der Waals surface area contributed by atoms with Crippen LogP contribution in [0.3, 0.4) is 0 Å². The molecule has 23 heavy (non-hydrogen) atoms. The fraction of sp³-hybridized carbons (Fsp3) is 0. The number of phenolic OH excluding ortho intramolecular Hbond substituents is 2. The molecule has 0 saturated heterocycles. The first-order chi connectivity index (χ1) is 10.8. The van der Waals surface area contributed by atoms with E-state index >= 15 is 0 Å². The summed E-state index contributed by atoms with van der Waals surface area (Å²) in [6, 6.07) is 18.3. The fourth-order valence-corrected chi connectivity index (χ4v) is 2.18. The van der Waals surface area contributed by atoms with Gasteiger partial charge in [-0.2, -0.15) is 0 Å². The molecule has 2 N–H and O–H groups in total. The van der Waals surface area contributed by atoms with Crippen LogP contribution in [0.5, 0.6) is 11.5 Å². The van der Waals surface area contributed by atoms with Gasteiger partial charge in [-0.1, -0.05) is 36.4 Å². The number of aromatic hydroxyl groups is 2. The van der Waals surface area contributed by atoms with Crippen molar-refractivity contribution in [2.75, 3.05) is 0 Å². The summed E-state index contributed by atoms with van der Waals surface area (Å²) in [7, 11) is 0. The molecule has 110 valence electrons. The summed E-state index contributed by atoms with van der Waals surface area (Å²) in [4.78, 5) is 8.06. The maximum absolute atomic E-state index is 9.31. The van der Waals surface area contributed by atoms with Crippen molar-refractivity contribution in [2.45, 2.75) is 0 Å². The topological polar surface area (TPSA) is 66.2 Å². The number of fused-ring (bicyclic) bond motifs is 2. The molecule has 0 atom stereocenters. The van der Waals surface area contributed by atoms with Gasteiger partial charge in [-0.3, -0.25) is 9.97 Å². The Morgan fingerprint density at radius 1 is 0.565 bits per heavy atom. The molecule has 0 aliphatic carbocycles. The summed E-state index contributed by atoms with van der Waals surface area (Å²) in [5.41, 5.74) is 1.32. The Kier molecular flexibility index (Phi) is 5.61. The Morgan fingerprint density at radius 3 is 1.35 bits per heavy atom. The molecule has 0 aliphatic rings. The summed E-state index contributed by atoms with van der Waals surface area (Å²) < 4.78 is 0. The van der Waals surface area contributed by atoms with E-state index in [1.807, 2.05) is 36.4 Å². The number of rotatable bonds is 0. The maximum atomic E-state index is 9.31. The number of para-hydroxylation sites is 2. The van der Waals surface area contributed by atoms with E-state index in [9.17, 15) is 10.2 Å². The summed E-state index contributed by atoms with van der Waals surface area (Å²) in [6.45, 7) is 0. The van der Waals surface area contributed by atoms with Gasteiger partial charge in [-0.15, -0.1) is 0 Å². The first-order valence-corrected chi connectivity index (χ1v) is 6.81. The van der Waals surface area contributed by atoms with Crippen LogP contribution in [0.25, 0.3) is 21.8 Å². The van der Waals surface area contributed by atoms with Crippen molar-refractivity contribution in [1.82, 2.24) is 9.97 Å². The average Bonchev–Trinajstić information content (AvgIpc) is 2.57. The molecule has 4 nitrogen and oxygen atoms in total. The van der Waals surface area contributed by atoms with E-state index in [4.69, 9.17) is 0 Å². The van der Waals surface area contributed by atoms with E-state index in [0.717, 1.165) is 10.8 Å². The number of pyridine rings is 2. The van der Waals surface area contributed by atoms with E-state index in [2.05, 4.69) is 9.97 Å². The van der Waals surface area contributed by atoms with Crippen molar-refractivity contribution in [1.29, 1.82) is 0 Å². The molecule has 4 rings (SSSR count). The smallest absolute Gasteiger partial charge is 0.141 e. The molecule has 2 aromatic carbocycles. The molecular weight excluding hydrogens is 342 g/mol. The molecular formula is C18H14N2O2Zn. The van der Waals surface area contributed by atoms with Crippen LogP contribution in [-0.4, -0.2) is 20.2 Å². The molecule has 0 amide bonds. The minimum atomic E-state index is 0. The predicted octanol–water partition coefficient (Wildman–Crippen LogP) is 3.88. The number of aromatic nitrogens is 2. The molecule has 2 heterocycles. The molecule has 0 aliphatic heterocycles. The van der Waals surface area contributed by atoms with Crippen molar-refractivity contribution in [3.63, 3.8) is 0 Å². The third kappa shape index (κ3) is 3.82. The van der Waals surface area contributed by atoms with E-state index in [-0.39, 0.29) is 31.0 Å². The second-order valence-corrected chi connectivity index (χ2v) is 4.70. The minimum Gasteiger partial charge on any atom is -0.506 e. The number of hydrogen-bond donors (Lipinski definition) is 2. The Bertz CT molecular complexity index is 841. The third-order valence-corrected chi connectivity index (χ3v) is 3.22. The molecule has 0 bridgehead atoms. The average molecular weight is 356 g/mol. The Morgan fingerprint density at radius 2 is 0.957 bits per heavy atom. The van der Waals surface area contributed by atoms with Gasteiger partial charge in [-0.25, -0.2) is 0 Å². The van der Waals surface area contributed by atoms with Gasteiger partial charge in [0.05, 0.1) is 0 Å². The molecule has 2 aromatic heterocycles. The van der Waals surface area contributed by atoms with Crippen molar-refractivity contribution < 1.29 is 29.7 Å². The van der Waals surface area contributed by atoms with Crippen molar-refractivity contribution in [3.8, 4) is 11.5 Å². The van der Waals surface area contributed by atoms with E-state index in [0.29, 0.717) is 11.0 Å². The number of phenols is 2. The van der Waals surface area contributed by atoms with Crippen LogP contribution < -0.4 is 0 Å². The van der Waals surface area contributed by atoms with Gasteiger partial charge >= 0.3 is 0 Å². The van der Waals surface area contributed by atoms with Gasteiger partial charge in [0.1, 0.15) is 22.5 Å². The van der Waals surface area contributed by atoms with Gasteiger partial charge in [0, 0.05) is 42.6 Å². The van der Waals surface area contributed by atoms with Crippen molar-refractivity contribution in [2.24, 2.45) is 0 Å². The second-order valence-electron chi connectivity index (χ2n) is 4.70. The second kappa shape index (κ2) is 7.66. The normalized spacial score (nSPS) is 9.74. The summed E-state index contributed by atoms with van der Waals surface area (Å²) >= 11 is 0. The van der Waals surface area contributed by atoms with Crippen LogP contribution in [0.4, 0.5) is 0 Å². The Balaban J connectivity index is 0.000000160. The predicted molar refractivity (Wildman–Crippen MR) is 86.8 cm³/mol. The van der Waals surface area contributed by atoms with Crippen LogP contribution in [-0.2, 0) is 19.5 Å². The van der Waals surface area contributed by atoms with Gasteiger partial charge in [0.15, 0.2) is 0 Å². The zero-order valence-corrected chi connectivity index (χ0v) is 15.4. The monoisotopic (exact) mass is 354 g/mol. The molecule has 4 aromatic rings. The molecule has 0 fully saturated rings. The van der Waals surface area contributed by atoms with Crippen molar-refractivity contribution >= 4 is 21.8 Å². The standard InChI is InChI=1S/2C9H7NO.Zn/c2*11-8-5-1-3-7-4-2-6-10-9(7)8;/h2*1-6,11H;. The molecule has 0 spiro atoms. The number of benzene rings is 2. The van der Waals surface area contributed by atoms with E-state index < -0.39 is 0 Å². The number of hydrogen-bond acceptors (Lipinski definition) is 4. The van der Waals surface area contributed by atoms with Gasteiger partial charge in [-0.05, 0) is 24.3 Å². The summed E-state index contributed by atoms with van der Waals surface area (Å²) in [5, 5.41) is 20.5. The zero-order valence-electron chi connectivity index (χ0n) is 12.4. The fourth-order valence-electron chi connectivity index (χ4n) is 2.18. The van der Waals surface area contributed by atoms with Crippen LogP contribution in [0.15, 0.2) is 73.1 Å². The molecule has 0 unspecified atom stereocenters. The van der Waals surface area contributed by atoms with Gasteiger partial charge < -0.3 is 10.2 Å². The zero-order chi connectivity index (χ0) is 15.4. The quantitative estimate of drug-likeness (QED) is 0.470. The SMILES string of the molecule is Oc1cccc2cccnc12.Oc1cccc2cccnc12.[Zn]. The first kappa shape index (κ1) is 16.8. The molecule has 0 radical (unpaired) electrons. The first-order valence-electron chi connectivity index (χ1n) is 6.81. The van der Waals surface area contributed by atoms with Crippen molar-refractivity contribution in [3.05, 3.63) is 73.1 Å². The summed E-state index contributed by atoms with van der Waals surface area (Å²) in [6.07, 6.45) is 3.34. The largest absolute Gasteiger partial charge is 0.506 e. The molecule has 5 heteroatoms. The van der Waals surface area contributed by atoms with Gasteiger partial charge in [0.2, 0.25) is 0 Å². The Hall–Kier alpha value is -2.52. The van der Waals surface area contributed by atoms with Crippen LogP contribution >= 0.6 is 0 Å². The van der Waals surface area contributed by atoms with Crippen LogP contribution in [0, 0.1) is 0 Å². The van der Waals surface area contributed by atoms with E-state index in [1.54, 1.807) is 36.7 Å². The van der Waals surface area contributed by atoms with Crippen LogP contribution in [0.1, 0.15) is 0 Å². The third-order valence-electron chi connectivity index (χ3n) is 3.22. The van der Waals surface area contributed by atoms with Gasteiger partial charge in [0.25, 0.3) is 0 Å². The number of nitrogens with zero attached hydrogens (tertiary/aromatic N) is 2. The summed E-state index contributed by atoms with van der Waals surface area (Å²) in [5.74, 6) is 0.478. The van der Waals surface area contributed by atoms with Crippen LogP contribution in [0.2, 0.25) is 0 Å². The molecule has 0 saturated carbocycles. The Labute approximate surface area is 146 Å². The minimum absolute atomic E-state index is 0. The maximum Gasteiger partial charge on any atom is 0.141 e. The van der Waals surface area contributed by atoms with E-state index in [1.165, 1.54) is 0 Å².